The maximum Gasteiger partial charge on any atom is 0.260 e. The molecule has 5 nitrogen and oxygen atoms in total. The third-order valence-corrected chi connectivity index (χ3v) is 8.05. The number of nitrogen functional groups attached to an aromatic ring is 1. The number of hydrogen-bond donors (Lipinski definition) is 2. The Balaban J connectivity index is 1.27. The van der Waals surface area contributed by atoms with Gasteiger partial charge in [0.25, 0.3) is 5.56 Å². The second-order valence-corrected chi connectivity index (χ2v) is 11.3. The van der Waals surface area contributed by atoms with Gasteiger partial charge >= 0.3 is 0 Å². The van der Waals surface area contributed by atoms with E-state index in [1.165, 1.54) is 101 Å². The van der Waals surface area contributed by atoms with Crippen LogP contribution in [0.3, 0.4) is 0 Å². The lowest BCUT2D eigenvalue weighted by Gasteiger charge is -2.25. The number of nitrogens with two attached hydrogens (primary N) is 1. The number of para-hydroxylation sites is 1. The van der Waals surface area contributed by atoms with Gasteiger partial charge in [0.1, 0.15) is 0 Å². The summed E-state index contributed by atoms with van der Waals surface area (Å²) in [6.07, 6.45) is 19.2. The second kappa shape index (κ2) is 16.1. The van der Waals surface area contributed by atoms with Crippen LogP contribution >= 0.6 is 0 Å². The molecule has 214 valence electrons. The summed E-state index contributed by atoms with van der Waals surface area (Å²) in [5.41, 5.74) is 8.65. The molecule has 4 rings (SSSR count). The average molecular weight is 541 g/mol. The topological polar surface area (TPSA) is 75.0 Å². The Morgan fingerprint density at radius 3 is 2.00 bits per heavy atom. The molecular weight excluding hydrogens is 492 g/mol. The monoisotopic (exact) mass is 540 g/mol. The molecule has 1 heterocycles. The zero-order chi connectivity index (χ0) is 28.0. The number of unbranched alkanes of at least 4 members (excludes halogenated alkanes) is 13. The lowest BCUT2D eigenvalue weighted by Crippen LogP contribution is -2.23. The second-order valence-electron chi connectivity index (χ2n) is 11.3. The van der Waals surface area contributed by atoms with Gasteiger partial charge in [0.15, 0.2) is 0 Å². The van der Waals surface area contributed by atoms with E-state index in [4.69, 9.17) is 5.73 Å². The molecule has 0 aliphatic heterocycles. The van der Waals surface area contributed by atoms with Crippen LogP contribution < -0.4 is 16.2 Å². The first-order chi connectivity index (χ1) is 19.7. The zero-order valence-electron chi connectivity index (χ0n) is 24.5. The first kappa shape index (κ1) is 29.6. The molecule has 0 aliphatic rings. The van der Waals surface area contributed by atoms with Gasteiger partial charge in [-0.25, -0.2) is 4.98 Å². The molecule has 0 amide bonds. The highest BCUT2D eigenvalue weighted by Crippen LogP contribution is 2.25. The molecule has 1 aromatic heterocycles. The summed E-state index contributed by atoms with van der Waals surface area (Å²) in [6.45, 7) is 4.11. The van der Waals surface area contributed by atoms with Crippen LogP contribution in [0.2, 0.25) is 0 Å². The fourth-order valence-electron chi connectivity index (χ4n) is 5.78. The van der Waals surface area contributed by atoms with Gasteiger partial charge in [0.2, 0.25) is 5.95 Å². The quantitative estimate of drug-likeness (QED) is 0.0974. The van der Waals surface area contributed by atoms with Crippen molar-refractivity contribution >= 4 is 33.3 Å². The predicted molar refractivity (Wildman–Crippen MR) is 172 cm³/mol. The molecule has 0 bridgehead atoms. The van der Waals surface area contributed by atoms with E-state index in [0.717, 1.165) is 23.9 Å². The Kier molecular flexibility index (Phi) is 11.9. The lowest BCUT2D eigenvalue weighted by molar-refractivity contribution is 0.534. The number of fused-ring (bicyclic) bond motifs is 3. The molecule has 3 aromatic carbocycles. The Labute approximate surface area is 240 Å². The Bertz CT molecular complexity index is 1360. The SMILES string of the molecule is CCCCCCCCCCCCCCCCN(Cc1ccc2ccc3nc(N)[nH]c(=O)c3c2c1)c1ccccc1. The molecule has 0 saturated carbocycles. The molecule has 0 saturated heterocycles. The van der Waals surface area contributed by atoms with E-state index in [-0.39, 0.29) is 11.5 Å². The number of aromatic nitrogens is 2. The summed E-state index contributed by atoms with van der Waals surface area (Å²) >= 11 is 0. The minimum absolute atomic E-state index is 0.149. The number of benzene rings is 3. The van der Waals surface area contributed by atoms with Crippen LogP contribution in [-0.4, -0.2) is 16.5 Å². The van der Waals surface area contributed by atoms with Gasteiger partial charge in [-0.15, -0.1) is 0 Å². The van der Waals surface area contributed by atoms with E-state index in [2.05, 4.69) is 70.3 Å². The standard InChI is InChI=1S/C35H48N4O/c1-2-3-4-5-6-7-8-9-10-11-12-13-14-18-25-39(30-19-16-15-17-20-30)27-28-21-22-29-23-24-32-33(31(29)26-28)34(40)38-35(36)37-32/h15-17,19-24,26H,2-14,18,25,27H2,1H3,(H3,36,37,38,40). The molecule has 0 atom stereocenters. The van der Waals surface area contributed by atoms with Gasteiger partial charge in [0.05, 0.1) is 10.9 Å². The molecule has 0 aliphatic carbocycles. The van der Waals surface area contributed by atoms with E-state index in [1.807, 2.05) is 12.1 Å². The van der Waals surface area contributed by atoms with E-state index in [0.29, 0.717) is 10.9 Å². The van der Waals surface area contributed by atoms with Gasteiger partial charge < -0.3 is 10.6 Å². The molecule has 40 heavy (non-hydrogen) atoms. The van der Waals surface area contributed by atoms with E-state index < -0.39 is 0 Å². The molecule has 0 fully saturated rings. The molecule has 3 N–H and O–H groups in total. The molecule has 0 radical (unpaired) electrons. The third kappa shape index (κ3) is 8.84. The average Bonchev–Trinajstić information content (AvgIpc) is 2.96. The number of aromatic amines is 1. The van der Waals surface area contributed by atoms with Crippen molar-refractivity contribution in [3.8, 4) is 0 Å². The summed E-state index contributed by atoms with van der Waals surface area (Å²) in [5.74, 6) is 0.149. The van der Waals surface area contributed by atoms with Gasteiger partial charge in [-0.1, -0.05) is 127 Å². The number of anilines is 2. The Morgan fingerprint density at radius 1 is 0.750 bits per heavy atom. The van der Waals surface area contributed by atoms with Crippen molar-refractivity contribution in [2.75, 3.05) is 17.2 Å². The third-order valence-electron chi connectivity index (χ3n) is 8.05. The highest BCUT2D eigenvalue weighted by atomic mass is 16.1. The molecule has 0 unspecified atom stereocenters. The number of hydrogen-bond acceptors (Lipinski definition) is 4. The van der Waals surface area contributed by atoms with E-state index in [9.17, 15) is 4.79 Å². The van der Waals surface area contributed by atoms with Crippen molar-refractivity contribution in [3.05, 3.63) is 76.6 Å². The Morgan fingerprint density at radius 2 is 1.35 bits per heavy atom. The highest BCUT2D eigenvalue weighted by Gasteiger charge is 2.11. The molecular formula is C35H48N4O. The van der Waals surface area contributed by atoms with E-state index >= 15 is 0 Å². The van der Waals surface area contributed by atoms with Crippen molar-refractivity contribution < 1.29 is 0 Å². The van der Waals surface area contributed by atoms with Crippen molar-refractivity contribution in [1.29, 1.82) is 0 Å². The van der Waals surface area contributed by atoms with Gasteiger partial charge in [-0.3, -0.25) is 9.78 Å². The molecule has 5 heteroatoms. The largest absolute Gasteiger partial charge is 0.369 e. The van der Waals surface area contributed by atoms with Crippen LogP contribution in [-0.2, 0) is 6.54 Å². The minimum atomic E-state index is -0.187. The highest BCUT2D eigenvalue weighted by molar-refractivity contribution is 6.06. The van der Waals surface area contributed by atoms with Crippen LogP contribution in [0.25, 0.3) is 21.7 Å². The van der Waals surface area contributed by atoms with Crippen LogP contribution in [0.15, 0.2) is 65.5 Å². The summed E-state index contributed by atoms with van der Waals surface area (Å²) in [4.78, 5) is 22.2. The molecule has 0 spiro atoms. The summed E-state index contributed by atoms with van der Waals surface area (Å²) in [7, 11) is 0. The maximum atomic E-state index is 12.7. The normalized spacial score (nSPS) is 11.4. The van der Waals surface area contributed by atoms with Crippen LogP contribution in [0.1, 0.15) is 102 Å². The fraction of sp³-hybridized carbons (Fsp3) is 0.486. The van der Waals surface area contributed by atoms with Crippen molar-refractivity contribution in [3.63, 3.8) is 0 Å². The van der Waals surface area contributed by atoms with Gasteiger partial charge in [0, 0.05) is 18.8 Å². The van der Waals surface area contributed by atoms with E-state index in [1.54, 1.807) is 0 Å². The summed E-state index contributed by atoms with van der Waals surface area (Å²) < 4.78 is 0. The number of H-pyrrole nitrogens is 1. The van der Waals surface area contributed by atoms with Crippen LogP contribution in [0.4, 0.5) is 11.6 Å². The molecule has 4 aromatic rings. The lowest BCUT2D eigenvalue weighted by atomic mass is 10.0. The van der Waals surface area contributed by atoms with Gasteiger partial charge in [-0.2, -0.15) is 0 Å². The first-order valence-corrected chi connectivity index (χ1v) is 15.7. The number of nitrogens with zero attached hydrogens (tertiary/aromatic N) is 2. The number of nitrogens with one attached hydrogen (secondary N) is 1. The number of rotatable bonds is 18. The summed E-state index contributed by atoms with van der Waals surface area (Å²) in [6, 6.07) is 21.0. The fourth-order valence-corrected chi connectivity index (χ4v) is 5.78. The summed E-state index contributed by atoms with van der Waals surface area (Å²) in [5, 5.41) is 2.56. The van der Waals surface area contributed by atoms with Crippen LogP contribution in [0, 0.1) is 0 Å². The van der Waals surface area contributed by atoms with Gasteiger partial charge in [-0.05, 0) is 47.0 Å². The maximum absolute atomic E-state index is 12.7. The Hall–Kier alpha value is -3.34. The van der Waals surface area contributed by atoms with Crippen molar-refractivity contribution in [2.45, 2.75) is 103 Å². The minimum Gasteiger partial charge on any atom is -0.369 e. The first-order valence-electron chi connectivity index (χ1n) is 15.7. The zero-order valence-corrected chi connectivity index (χ0v) is 24.5. The van der Waals surface area contributed by atoms with Crippen molar-refractivity contribution in [2.24, 2.45) is 0 Å². The smallest absolute Gasteiger partial charge is 0.260 e. The van der Waals surface area contributed by atoms with Crippen molar-refractivity contribution in [1.82, 2.24) is 9.97 Å². The van der Waals surface area contributed by atoms with Crippen LogP contribution in [0.5, 0.6) is 0 Å². The predicted octanol–water partition coefficient (Wildman–Crippen LogP) is 9.15.